The van der Waals surface area contributed by atoms with Gasteiger partial charge >= 0.3 is 0 Å². The molecule has 2 atom stereocenters. The molecule has 2 fully saturated rings. The Morgan fingerprint density at radius 3 is 2.48 bits per heavy atom. The first kappa shape index (κ1) is 16.8. The average Bonchev–Trinajstić information content (AvgIpc) is 2.58. The van der Waals surface area contributed by atoms with Gasteiger partial charge in [-0.05, 0) is 69.0 Å². The van der Waals surface area contributed by atoms with Crippen LogP contribution in [0.5, 0.6) is 0 Å². The van der Waals surface area contributed by atoms with Crippen LogP contribution < -0.4 is 5.32 Å². The molecular formula is C19H27ClN2O. The van der Waals surface area contributed by atoms with Gasteiger partial charge in [0.25, 0.3) is 5.91 Å². The molecular weight excluding hydrogens is 308 g/mol. The molecule has 2 aliphatic rings. The molecule has 1 heterocycles. The highest BCUT2D eigenvalue weighted by atomic mass is 35.5. The van der Waals surface area contributed by atoms with Crippen molar-refractivity contribution in [1.82, 2.24) is 10.2 Å². The van der Waals surface area contributed by atoms with Crippen LogP contribution in [0.15, 0.2) is 24.3 Å². The molecule has 1 aliphatic heterocycles. The van der Waals surface area contributed by atoms with Gasteiger partial charge in [-0.3, -0.25) is 4.79 Å². The number of rotatable bonds is 4. The van der Waals surface area contributed by atoms with Crippen molar-refractivity contribution in [2.75, 3.05) is 19.6 Å². The second-order valence-corrected chi connectivity index (χ2v) is 7.43. The zero-order valence-corrected chi connectivity index (χ0v) is 14.5. The lowest BCUT2D eigenvalue weighted by molar-refractivity contribution is 0.0877. The van der Waals surface area contributed by atoms with Gasteiger partial charge in [0, 0.05) is 23.2 Å². The van der Waals surface area contributed by atoms with Gasteiger partial charge in [0.2, 0.25) is 0 Å². The van der Waals surface area contributed by atoms with Crippen molar-refractivity contribution in [2.24, 2.45) is 5.92 Å². The molecule has 1 saturated heterocycles. The van der Waals surface area contributed by atoms with Gasteiger partial charge in [-0.2, -0.15) is 0 Å². The predicted octanol–water partition coefficient (Wildman–Crippen LogP) is 4.11. The zero-order valence-electron chi connectivity index (χ0n) is 13.8. The molecule has 4 heteroatoms. The summed E-state index contributed by atoms with van der Waals surface area (Å²) < 4.78 is 0. The molecule has 23 heavy (non-hydrogen) atoms. The van der Waals surface area contributed by atoms with Crippen molar-refractivity contribution >= 4 is 17.5 Å². The molecule has 0 bridgehead atoms. The fourth-order valence-corrected chi connectivity index (χ4v) is 4.07. The van der Waals surface area contributed by atoms with Gasteiger partial charge < -0.3 is 10.2 Å². The Morgan fingerprint density at radius 1 is 1.04 bits per heavy atom. The monoisotopic (exact) mass is 334 g/mol. The Hall–Kier alpha value is -1.06. The van der Waals surface area contributed by atoms with Crippen molar-refractivity contribution < 1.29 is 4.79 Å². The van der Waals surface area contributed by atoms with Crippen LogP contribution in [0.2, 0.25) is 5.02 Å². The number of hydrogen-bond acceptors (Lipinski definition) is 2. The number of amides is 1. The average molecular weight is 335 g/mol. The molecule has 1 aromatic rings. The van der Waals surface area contributed by atoms with Crippen LogP contribution >= 0.6 is 11.6 Å². The second-order valence-electron chi connectivity index (χ2n) is 6.99. The minimum Gasteiger partial charge on any atom is -0.349 e. The smallest absolute Gasteiger partial charge is 0.251 e. The van der Waals surface area contributed by atoms with Gasteiger partial charge in [0.05, 0.1) is 0 Å². The predicted molar refractivity (Wildman–Crippen MR) is 95.0 cm³/mol. The highest BCUT2D eigenvalue weighted by Gasteiger charge is 2.28. The van der Waals surface area contributed by atoms with Crippen LogP contribution in [0.3, 0.4) is 0 Å². The van der Waals surface area contributed by atoms with Crippen LogP contribution in [-0.4, -0.2) is 36.5 Å². The molecule has 0 spiro atoms. The molecule has 0 radical (unpaired) electrons. The molecule has 3 rings (SSSR count). The molecule has 1 saturated carbocycles. The maximum atomic E-state index is 12.5. The van der Waals surface area contributed by atoms with Gasteiger partial charge in [0.15, 0.2) is 0 Å². The quantitative estimate of drug-likeness (QED) is 0.898. The fourth-order valence-electron chi connectivity index (χ4n) is 3.94. The van der Waals surface area contributed by atoms with Gasteiger partial charge in [-0.15, -0.1) is 0 Å². The van der Waals surface area contributed by atoms with E-state index in [0.717, 1.165) is 13.0 Å². The second kappa shape index (κ2) is 8.16. The van der Waals surface area contributed by atoms with E-state index in [9.17, 15) is 4.79 Å². The van der Waals surface area contributed by atoms with Crippen LogP contribution in [0.25, 0.3) is 0 Å². The van der Waals surface area contributed by atoms with Gasteiger partial charge in [-0.25, -0.2) is 0 Å². The van der Waals surface area contributed by atoms with Crippen molar-refractivity contribution in [2.45, 2.75) is 51.0 Å². The third kappa shape index (κ3) is 4.71. The minimum absolute atomic E-state index is 0.0391. The Bertz CT molecular complexity index is 511. The van der Waals surface area contributed by atoms with E-state index >= 15 is 0 Å². The van der Waals surface area contributed by atoms with E-state index in [1.54, 1.807) is 24.3 Å². The van der Waals surface area contributed by atoms with Crippen LogP contribution in [0, 0.1) is 5.92 Å². The third-order valence-corrected chi connectivity index (χ3v) is 5.53. The van der Waals surface area contributed by atoms with E-state index in [0.29, 0.717) is 22.5 Å². The topological polar surface area (TPSA) is 32.3 Å². The van der Waals surface area contributed by atoms with E-state index in [2.05, 4.69) is 10.2 Å². The van der Waals surface area contributed by atoms with Crippen molar-refractivity contribution in [1.29, 1.82) is 0 Å². The normalized spacial score (nSPS) is 26.0. The lowest BCUT2D eigenvalue weighted by Gasteiger charge is -2.37. The summed E-state index contributed by atoms with van der Waals surface area (Å²) in [4.78, 5) is 15.1. The lowest BCUT2D eigenvalue weighted by atomic mass is 9.83. The third-order valence-electron chi connectivity index (χ3n) is 5.27. The van der Waals surface area contributed by atoms with Crippen LogP contribution in [0.1, 0.15) is 55.3 Å². The Balaban J connectivity index is 1.59. The van der Waals surface area contributed by atoms with Crippen LogP contribution in [-0.2, 0) is 0 Å². The number of benzene rings is 1. The lowest BCUT2D eigenvalue weighted by Crippen LogP contribution is -2.47. The number of nitrogens with one attached hydrogen (secondary N) is 1. The first-order chi connectivity index (χ1) is 11.2. The largest absolute Gasteiger partial charge is 0.349 e. The van der Waals surface area contributed by atoms with E-state index in [-0.39, 0.29) is 5.91 Å². The standard InChI is InChI=1S/C19H27ClN2O/c20-17-10-8-15(9-11-17)19(23)21-18-7-3-2-6-16(18)14-22-12-4-1-5-13-22/h8-11,16,18H,1-7,12-14H2,(H,21,23)/t16-,18+/m0/s1. The van der Waals surface area contributed by atoms with E-state index < -0.39 is 0 Å². The number of halogens is 1. The van der Waals surface area contributed by atoms with E-state index in [4.69, 9.17) is 11.6 Å². The summed E-state index contributed by atoms with van der Waals surface area (Å²) in [7, 11) is 0. The summed E-state index contributed by atoms with van der Waals surface area (Å²) >= 11 is 5.90. The van der Waals surface area contributed by atoms with E-state index in [1.807, 2.05) is 0 Å². The van der Waals surface area contributed by atoms with E-state index in [1.165, 1.54) is 51.6 Å². The molecule has 0 aromatic heterocycles. The molecule has 0 unspecified atom stereocenters. The Morgan fingerprint density at radius 2 is 1.74 bits per heavy atom. The Kier molecular flexibility index (Phi) is 5.96. The van der Waals surface area contributed by atoms with Crippen LogP contribution in [0.4, 0.5) is 0 Å². The minimum atomic E-state index is 0.0391. The molecule has 1 aliphatic carbocycles. The fraction of sp³-hybridized carbons (Fsp3) is 0.632. The number of carbonyl (C=O) groups is 1. The summed E-state index contributed by atoms with van der Waals surface area (Å²) in [5, 5.41) is 3.95. The summed E-state index contributed by atoms with van der Waals surface area (Å²) in [5.74, 6) is 0.635. The molecule has 126 valence electrons. The zero-order chi connectivity index (χ0) is 16.1. The summed E-state index contributed by atoms with van der Waals surface area (Å²) in [6, 6.07) is 7.49. The number of hydrogen-bond donors (Lipinski definition) is 1. The van der Waals surface area contributed by atoms with Crippen molar-refractivity contribution in [3.05, 3.63) is 34.9 Å². The van der Waals surface area contributed by atoms with Gasteiger partial charge in [-0.1, -0.05) is 30.9 Å². The van der Waals surface area contributed by atoms with Crippen molar-refractivity contribution in [3.8, 4) is 0 Å². The molecule has 3 nitrogen and oxygen atoms in total. The van der Waals surface area contributed by atoms with Gasteiger partial charge in [0.1, 0.15) is 0 Å². The highest BCUT2D eigenvalue weighted by molar-refractivity contribution is 6.30. The highest BCUT2D eigenvalue weighted by Crippen LogP contribution is 2.26. The SMILES string of the molecule is O=C(N[C@@H]1CCCC[C@H]1CN1CCCCC1)c1ccc(Cl)cc1. The number of piperidine rings is 1. The molecule has 1 amide bonds. The number of likely N-dealkylation sites (tertiary alicyclic amines) is 1. The maximum absolute atomic E-state index is 12.5. The first-order valence-electron chi connectivity index (χ1n) is 9.01. The maximum Gasteiger partial charge on any atom is 0.251 e. The molecule has 1 aromatic carbocycles. The Labute approximate surface area is 144 Å². The number of nitrogens with zero attached hydrogens (tertiary/aromatic N) is 1. The summed E-state index contributed by atoms with van der Waals surface area (Å²) in [5.41, 5.74) is 0.705. The summed E-state index contributed by atoms with van der Waals surface area (Å²) in [6.45, 7) is 3.61. The summed E-state index contributed by atoms with van der Waals surface area (Å²) in [6.07, 6.45) is 8.90. The first-order valence-corrected chi connectivity index (χ1v) is 9.39. The number of carbonyl (C=O) groups excluding carboxylic acids is 1. The molecule has 1 N–H and O–H groups in total. The van der Waals surface area contributed by atoms with Crippen molar-refractivity contribution in [3.63, 3.8) is 0 Å².